The van der Waals surface area contributed by atoms with Crippen LogP contribution in [0.3, 0.4) is 0 Å². The molecule has 0 bridgehead atoms. The highest BCUT2D eigenvalue weighted by Crippen LogP contribution is 2.22. The van der Waals surface area contributed by atoms with Gasteiger partial charge in [0.15, 0.2) is 0 Å². The van der Waals surface area contributed by atoms with Crippen LogP contribution in [0.5, 0.6) is 0 Å². The van der Waals surface area contributed by atoms with E-state index in [9.17, 15) is 4.39 Å². The number of rotatable bonds is 8. The van der Waals surface area contributed by atoms with Crippen LogP contribution in [0.4, 0.5) is 4.39 Å². The molecule has 94 valence electrons. The number of hydrogen-bond acceptors (Lipinski definition) is 3. The van der Waals surface area contributed by atoms with E-state index in [-0.39, 0.29) is 5.82 Å². The van der Waals surface area contributed by atoms with Crippen LogP contribution in [0.2, 0.25) is 0 Å². The van der Waals surface area contributed by atoms with Gasteiger partial charge in [-0.1, -0.05) is 13.5 Å². The Morgan fingerprint density at radius 2 is 2.06 bits per heavy atom. The highest BCUT2D eigenvalue weighted by molar-refractivity contribution is 7.97. The van der Waals surface area contributed by atoms with Gasteiger partial charge >= 0.3 is 0 Å². The Labute approximate surface area is 107 Å². The zero-order chi connectivity index (χ0) is 12.5. The average molecular weight is 254 g/mol. The summed E-state index contributed by atoms with van der Waals surface area (Å²) in [5.41, 5.74) is 0. The highest BCUT2D eigenvalue weighted by atomic mass is 32.2. The Kier molecular flexibility index (Phi) is 6.74. The topological polar surface area (TPSA) is 15.3 Å². The van der Waals surface area contributed by atoms with Crippen molar-refractivity contribution in [3.63, 3.8) is 0 Å². The van der Waals surface area contributed by atoms with Crippen LogP contribution in [0.15, 0.2) is 41.9 Å². The van der Waals surface area contributed by atoms with Gasteiger partial charge in [0.05, 0.1) is 0 Å². The van der Waals surface area contributed by atoms with Crippen molar-refractivity contribution in [1.29, 1.82) is 0 Å². The fourth-order valence-electron chi connectivity index (χ4n) is 1.39. The van der Waals surface area contributed by atoms with Crippen LogP contribution in [0.25, 0.3) is 0 Å². The largest absolute Gasteiger partial charge is 0.390 e. The number of halogens is 1. The average Bonchev–Trinajstić information content (AvgIpc) is 2.32. The molecule has 0 aromatic heterocycles. The van der Waals surface area contributed by atoms with Gasteiger partial charge in [0.2, 0.25) is 0 Å². The summed E-state index contributed by atoms with van der Waals surface area (Å²) in [6.07, 6.45) is 2.80. The Hall–Kier alpha value is -1.00. The molecular formula is C13H19FN2S. The van der Waals surface area contributed by atoms with E-state index < -0.39 is 0 Å². The van der Waals surface area contributed by atoms with E-state index in [1.54, 1.807) is 18.1 Å². The Morgan fingerprint density at radius 3 is 2.65 bits per heavy atom. The summed E-state index contributed by atoms with van der Waals surface area (Å²) in [7, 11) is 0. The van der Waals surface area contributed by atoms with Gasteiger partial charge in [-0.2, -0.15) is 0 Å². The minimum atomic E-state index is -0.190. The predicted octanol–water partition coefficient (Wildman–Crippen LogP) is 3.28. The van der Waals surface area contributed by atoms with Crippen LogP contribution in [0, 0.1) is 5.82 Å². The lowest BCUT2D eigenvalue weighted by Gasteiger charge is -2.20. The van der Waals surface area contributed by atoms with Crippen molar-refractivity contribution in [1.82, 2.24) is 9.62 Å². The first-order chi connectivity index (χ1) is 8.26. The third kappa shape index (κ3) is 5.75. The van der Waals surface area contributed by atoms with E-state index in [0.29, 0.717) is 0 Å². The summed E-state index contributed by atoms with van der Waals surface area (Å²) >= 11 is 1.66. The third-order valence-electron chi connectivity index (χ3n) is 2.17. The monoisotopic (exact) mass is 254 g/mol. The molecule has 0 heterocycles. The lowest BCUT2D eigenvalue weighted by atomic mass is 10.4. The number of nitrogens with zero attached hydrogens (tertiary/aromatic N) is 1. The molecule has 1 aromatic rings. The van der Waals surface area contributed by atoms with Crippen molar-refractivity contribution < 1.29 is 4.39 Å². The molecule has 0 spiro atoms. The first-order valence-electron chi connectivity index (χ1n) is 5.79. The SMILES string of the molecule is C=CNCCN(CCC)Sc1ccc(F)cc1. The van der Waals surface area contributed by atoms with Gasteiger partial charge in [-0.3, -0.25) is 0 Å². The van der Waals surface area contributed by atoms with Crippen molar-refractivity contribution in [2.75, 3.05) is 19.6 Å². The number of nitrogens with one attached hydrogen (secondary N) is 1. The van der Waals surface area contributed by atoms with E-state index in [4.69, 9.17) is 0 Å². The Morgan fingerprint density at radius 1 is 1.35 bits per heavy atom. The molecule has 0 amide bonds. The Balaban J connectivity index is 2.47. The van der Waals surface area contributed by atoms with Crippen LogP contribution in [-0.4, -0.2) is 23.9 Å². The quantitative estimate of drug-likeness (QED) is 0.566. The van der Waals surface area contributed by atoms with Crippen LogP contribution < -0.4 is 5.32 Å². The fourth-order valence-corrected chi connectivity index (χ4v) is 2.40. The third-order valence-corrected chi connectivity index (χ3v) is 3.28. The van der Waals surface area contributed by atoms with Gasteiger partial charge in [0.1, 0.15) is 5.82 Å². The van der Waals surface area contributed by atoms with Crippen LogP contribution in [-0.2, 0) is 0 Å². The summed E-state index contributed by atoms with van der Waals surface area (Å²) in [6.45, 7) is 8.59. The molecule has 0 aliphatic heterocycles. The summed E-state index contributed by atoms with van der Waals surface area (Å²) in [6, 6.07) is 6.61. The molecule has 1 rings (SSSR count). The molecule has 0 aliphatic carbocycles. The Bertz CT molecular complexity index is 327. The van der Waals surface area contributed by atoms with Crippen molar-refractivity contribution in [2.24, 2.45) is 0 Å². The molecule has 4 heteroatoms. The maximum atomic E-state index is 12.8. The molecule has 1 N–H and O–H groups in total. The van der Waals surface area contributed by atoms with E-state index >= 15 is 0 Å². The fraction of sp³-hybridized carbons (Fsp3) is 0.385. The smallest absolute Gasteiger partial charge is 0.123 e. The normalized spacial score (nSPS) is 10.5. The predicted molar refractivity (Wildman–Crippen MR) is 72.3 cm³/mol. The molecule has 0 aliphatic rings. The minimum absolute atomic E-state index is 0.190. The number of benzene rings is 1. The van der Waals surface area contributed by atoms with E-state index in [2.05, 4.69) is 23.1 Å². The second-order valence-electron chi connectivity index (χ2n) is 3.63. The van der Waals surface area contributed by atoms with Crippen molar-refractivity contribution in [2.45, 2.75) is 18.2 Å². The molecule has 0 radical (unpaired) electrons. The lowest BCUT2D eigenvalue weighted by molar-refractivity contribution is 0.467. The van der Waals surface area contributed by atoms with Crippen molar-refractivity contribution in [3.05, 3.63) is 42.9 Å². The van der Waals surface area contributed by atoms with Gasteiger partial charge in [0.25, 0.3) is 0 Å². The maximum absolute atomic E-state index is 12.8. The second-order valence-corrected chi connectivity index (χ2v) is 4.80. The first kappa shape index (κ1) is 14.1. The summed E-state index contributed by atoms with van der Waals surface area (Å²) in [4.78, 5) is 1.07. The molecule has 17 heavy (non-hydrogen) atoms. The van der Waals surface area contributed by atoms with Gasteiger partial charge in [-0.15, -0.1) is 0 Å². The maximum Gasteiger partial charge on any atom is 0.123 e. The van der Waals surface area contributed by atoms with Gasteiger partial charge in [0, 0.05) is 24.5 Å². The summed E-state index contributed by atoms with van der Waals surface area (Å²) in [5, 5.41) is 3.08. The molecule has 0 atom stereocenters. The first-order valence-corrected chi connectivity index (χ1v) is 6.56. The lowest BCUT2D eigenvalue weighted by Crippen LogP contribution is -2.25. The second kappa shape index (κ2) is 8.14. The van der Waals surface area contributed by atoms with Crippen molar-refractivity contribution >= 4 is 11.9 Å². The molecule has 1 aromatic carbocycles. The van der Waals surface area contributed by atoms with Crippen LogP contribution in [0.1, 0.15) is 13.3 Å². The van der Waals surface area contributed by atoms with E-state index in [0.717, 1.165) is 31.0 Å². The molecule has 0 saturated carbocycles. The molecule has 0 unspecified atom stereocenters. The molecule has 0 saturated heterocycles. The van der Waals surface area contributed by atoms with Gasteiger partial charge < -0.3 is 5.32 Å². The number of hydrogen-bond donors (Lipinski definition) is 1. The zero-order valence-electron chi connectivity index (χ0n) is 10.2. The standard InChI is InChI=1S/C13H19FN2S/c1-3-10-16(11-9-15-4-2)17-13-7-5-12(14)6-8-13/h4-8,15H,2-3,9-11H2,1H3. The van der Waals surface area contributed by atoms with Crippen molar-refractivity contribution in [3.8, 4) is 0 Å². The summed E-state index contributed by atoms with van der Waals surface area (Å²) in [5.74, 6) is -0.190. The molecule has 0 fully saturated rings. The van der Waals surface area contributed by atoms with Crippen LogP contribution >= 0.6 is 11.9 Å². The van der Waals surface area contributed by atoms with E-state index in [1.807, 2.05) is 12.1 Å². The summed E-state index contributed by atoms with van der Waals surface area (Å²) < 4.78 is 15.0. The highest BCUT2D eigenvalue weighted by Gasteiger charge is 2.05. The molecular weight excluding hydrogens is 235 g/mol. The molecule has 2 nitrogen and oxygen atoms in total. The van der Waals surface area contributed by atoms with Gasteiger partial charge in [-0.05, 0) is 48.8 Å². The van der Waals surface area contributed by atoms with Gasteiger partial charge in [-0.25, -0.2) is 8.70 Å². The zero-order valence-corrected chi connectivity index (χ0v) is 11.0. The minimum Gasteiger partial charge on any atom is -0.390 e. The van der Waals surface area contributed by atoms with E-state index in [1.165, 1.54) is 12.1 Å².